The number of primary amides is 1. The van der Waals surface area contributed by atoms with Gasteiger partial charge in [-0.15, -0.1) is 0 Å². The first-order valence-electron chi connectivity index (χ1n) is 5.42. The number of amides is 1. The number of nitrogens with one attached hydrogen (secondary N) is 1. The molecule has 14 heavy (non-hydrogen) atoms. The maximum atomic E-state index is 11.0. The molecule has 2 unspecified atom stereocenters. The van der Waals surface area contributed by atoms with Crippen molar-refractivity contribution < 1.29 is 4.79 Å². The summed E-state index contributed by atoms with van der Waals surface area (Å²) in [6.07, 6.45) is 2.35. The highest BCUT2D eigenvalue weighted by atomic mass is 16.1. The molecule has 1 rings (SSSR count). The number of likely N-dealkylation sites (tertiary alicyclic amines) is 1. The quantitative estimate of drug-likeness (QED) is 0.666. The number of hydrogen-bond acceptors (Lipinski definition) is 3. The van der Waals surface area contributed by atoms with Gasteiger partial charge < -0.3 is 11.1 Å². The molecule has 1 aliphatic heterocycles. The molecule has 2 atom stereocenters. The van der Waals surface area contributed by atoms with Crippen molar-refractivity contribution in [1.29, 1.82) is 0 Å². The molecular weight excluding hydrogens is 178 g/mol. The predicted molar refractivity (Wildman–Crippen MR) is 56.9 cm³/mol. The molecular formula is C10H21N3O. The van der Waals surface area contributed by atoms with Crippen LogP contribution in [0.3, 0.4) is 0 Å². The van der Waals surface area contributed by atoms with E-state index in [9.17, 15) is 4.79 Å². The first kappa shape index (κ1) is 11.5. The van der Waals surface area contributed by atoms with Gasteiger partial charge in [-0.25, -0.2) is 0 Å². The molecule has 4 nitrogen and oxygen atoms in total. The molecule has 1 heterocycles. The fraction of sp³-hybridized carbons (Fsp3) is 0.900. The Labute approximate surface area is 85.8 Å². The van der Waals surface area contributed by atoms with Gasteiger partial charge in [-0.2, -0.15) is 0 Å². The molecule has 0 aliphatic carbocycles. The van der Waals surface area contributed by atoms with Crippen LogP contribution < -0.4 is 11.1 Å². The van der Waals surface area contributed by atoms with E-state index in [2.05, 4.69) is 17.1 Å². The van der Waals surface area contributed by atoms with Gasteiger partial charge in [-0.05, 0) is 32.9 Å². The number of likely N-dealkylation sites (N-methyl/N-ethyl adjacent to an activating group) is 1. The number of carbonyl (C=O) groups is 1. The van der Waals surface area contributed by atoms with Crippen molar-refractivity contribution in [2.45, 2.75) is 38.8 Å². The Morgan fingerprint density at radius 3 is 3.00 bits per heavy atom. The molecule has 0 aromatic heterocycles. The molecule has 1 saturated heterocycles. The molecule has 0 aromatic rings. The van der Waals surface area contributed by atoms with Crippen LogP contribution in [0.2, 0.25) is 0 Å². The Balaban J connectivity index is 2.43. The van der Waals surface area contributed by atoms with Crippen molar-refractivity contribution in [2.24, 2.45) is 5.73 Å². The number of hydrogen-bond donors (Lipinski definition) is 2. The van der Waals surface area contributed by atoms with Gasteiger partial charge in [0.05, 0.1) is 6.04 Å². The summed E-state index contributed by atoms with van der Waals surface area (Å²) in [5.74, 6) is -0.220. The van der Waals surface area contributed by atoms with E-state index >= 15 is 0 Å². The highest BCUT2D eigenvalue weighted by Crippen LogP contribution is 2.12. The largest absolute Gasteiger partial charge is 0.368 e. The molecule has 1 fully saturated rings. The van der Waals surface area contributed by atoms with Crippen LogP contribution in [0.5, 0.6) is 0 Å². The molecule has 1 amide bonds. The zero-order valence-corrected chi connectivity index (χ0v) is 9.12. The normalized spacial score (nSPS) is 26.0. The number of piperidine rings is 1. The molecule has 0 bridgehead atoms. The SMILES string of the molecule is CCNC1CCCN(C(C)C(N)=O)C1. The minimum Gasteiger partial charge on any atom is -0.368 e. The number of nitrogens with two attached hydrogens (primary N) is 1. The van der Waals surface area contributed by atoms with Crippen LogP contribution in [0, 0.1) is 0 Å². The topological polar surface area (TPSA) is 58.4 Å². The van der Waals surface area contributed by atoms with Crippen molar-refractivity contribution in [3.8, 4) is 0 Å². The van der Waals surface area contributed by atoms with E-state index in [0.717, 1.165) is 26.1 Å². The summed E-state index contributed by atoms with van der Waals surface area (Å²) in [5, 5.41) is 3.41. The molecule has 3 N–H and O–H groups in total. The molecule has 82 valence electrons. The van der Waals surface area contributed by atoms with Gasteiger partial charge in [0, 0.05) is 12.6 Å². The van der Waals surface area contributed by atoms with Gasteiger partial charge in [0.15, 0.2) is 0 Å². The van der Waals surface area contributed by atoms with E-state index in [1.54, 1.807) is 0 Å². The van der Waals surface area contributed by atoms with Gasteiger partial charge in [-0.1, -0.05) is 6.92 Å². The zero-order valence-electron chi connectivity index (χ0n) is 9.12. The van der Waals surface area contributed by atoms with E-state index in [4.69, 9.17) is 5.73 Å². The van der Waals surface area contributed by atoms with E-state index in [1.165, 1.54) is 6.42 Å². The molecule has 0 saturated carbocycles. The van der Waals surface area contributed by atoms with Crippen LogP contribution in [0.1, 0.15) is 26.7 Å². The van der Waals surface area contributed by atoms with Crippen LogP contribution >= 0.6 is 0 Å². The molecule has 0 aromatic carbocycles. The first-order chi connectivity index (χ1) is 6.65. The Morgan fingerprint density at radius 2 is 2.43 bits per heavy atom. The highest BCUT2D eigenvalue weighted by Gasteiger charge is 2.25. The lowest BCUT2D eigenvalue weighted by Gasteiger charge is -2.35. The van der Waals surface area contributed by atoms with E-state index in [-0.39, 0.29) is 11.9 Å². The Bertz CT molecular complexity index is 194. The second-order valence-corrected chi connectivity index (χ2v) is 3.97. The monoisotopic (exact) mass is 199 g/mol. The Hall–Kier alpha value is -0.610. The van der Waals surface area contributed by atoms with Crippen LogP contribution in [0.15, 0.2) is 0 Å². The maximum Gasteiger partial charge on any atom is 0.234 e. The lowest BCUT2D eigenvalue weighted by molar-refractivity contribution is -0.123. The fourth-order valence-electron chi connectivity index (χ4n) is 1.99. The zero-order chi connectivity index (χ0) is 10.6. The number of carbonyl (C=O) groups excluding carboxylic acids is 1. The van der Waals surface area contributed by atoms with Gasteiger partial charge >= 0.3 is 0 Å². The maximum absolute atomic E-state index is 11.0. The van der Waals surface area contributed by atoms with Crippen LogP contribution in [0.25, 0.3) is 0 Å². The van der Waals surface area contributed by atoms with Crippen molar-refractivity contribution in [3.63, 3.8) is 0 Å². The average molecular weight is 199 g/mol. The van der Waals surface area contributed by atoms with Gasteiger partial charge in [0.25, 0.3) is 0 Å². The van der Waals surface area contributed by atoms with E-state index in [1.807, 2.05) is 6.92 Å². The number of nitrogens with zero attached hydrogens (tertiary/aromatic N) is 1. The second-order valence-electron chi connectivity index (χ2n) is 3.97. The van der Waals surface area contributed by atoms with Crippen molar-refractivity contribution >= 4 is 5.91 Å². The third kappa shape index (κ3) is 2.96. The van der Waals surface area contributed by atoms with Gasteiger partial charge in [-0.3, -0.25) is 9.69 Å². The van der Waals surface area contributed by atoms with Crippen LogP contribution in [0.4, 0.5) is 0 Å². The minimum atomic E-state index is -0.220. The summed E-state index contributed by atoms with van der Waals surface area (Å²) < 4.78 is 0. The van der Waals surface area contributed by atoms with E-state index in [0.29, 0.717) is 6.04 Å². The summed E-state index contributed by atoms with van der Waals surface area (Å²) in [6.45, 7) is 6.92. The van der Waals surface area contributed by atoms with Crippen molar-refractivity contribution in [2.75, 3.05) is 19.6 Å². The summed E-state index contributed by atoms with van der Waals surface area (Å²) in [4.78, 5) is 13.2. The number of rotatable bonds is 4. The van der Waals surface area contributed by atoms with Crippen LogP contribution in [-0.2, 0) is 4.79 Å². The minimum absolute atomic E-state index is 0.128. The molecule has 1 aliphatic rings. The molecule has 0 radical (unpaired) electrons. The first-order valence-corrected chi connectivity index (χ1v) is 5.42. The summed E-state index contributed by atoms with van der Waals surface area (Å²) in [7, 11) is 0. The summed E-state index contributed by atoms with van der Waals surface area (Å²) >= 11 is 0. The standard InChI is InChI=1S/C10H21N3O/c1-3-12-9-5-4-6-13(7-9)8(2)10(11)14/h8-9,12H,3-7H2,1-2H3,(H2,11,14). The molecule has 0 spiro atoms. The van der Waals surface area contributed by atoms with E-state index < -0.39 is 0 Å². The fourth-order valence-corrected chi connectivity index (χ4v) is 1.99. The van der Waals surface area contributed by atoms with Crippen LogP contribution in [-0.4, -0.2) is 42.5 Å². The average Bonchev–Trinajstić information content (AvgIpc) is 2.17. The lowest BCUT2D eigenvalue weighted by atomic mass is 10.0. The smallest absolute Gasteiger partial charge is 0.234 e. The Kier molecular flexibility index (Phi) is 4.35. The third-order valence-corrected chi connectivity index (χ3v) is 2.91. The van der Waals surface area contributed by atoms with Crippen molar-refractivity contribution in [3.05, 3.63) is 0 Å². The molecule has 4 heteroatoms. The lowest BCUT2D eigenvalue weighted by Crippen LogP contribution is -2.52. The summed E-state index contributed by atoms with van der Waals surface area (Å²) in [6, 6.07) is 0.395. The van der Waals surface area contributed by atoms with Gasteiger partial charge in [0.1, 0.15) is 0 Å². The summed E-state index contributed by atoms with van der Waals surface area (Å²) in [5.41, 5.74) is 5.29. The van der Waals surface area contributed by atoms with Gasteiger partial charge in [0.2, 0.25) is 5.91 Å². The predicted octanol–water partition coefficient (Wildman–Crippen LogP) is -0.0659. The highest BCUT2D eigenvalue weighted by molar-refractivity contribution is 5.79. The van der Waals surface area contributed by atoms with Crippen molar-refractivity contribution in [1.82, 2.24) is 10.2 Å². The third-order valence-electron chi connectivity index (χ3n) is 2.91. The second kappa shape index (κ2) is 5.32. The Morgan fingerprint density at radius 1 is 1.71 bits per heavy atom.